The summed E-state index contributed by atoms with van der Waals surface area (Å²) in [5, 5.41) is 14.0. The van der Waals surface area contributed by atoms with Crippen molar-refractivity contribution in [3.05, 3.63) is 116 Å². The largest absolute Gasteiger partial charge is 0.369 e. The predicted molar refractivity (Wildman–Crippen MR) is 159 cm³/mol. The van der Waals surface area contributed by atoms with Gasteiger partial charge in [-0.3, -0.25) is 9.69 Å². The van der Waals surface area contributed by atoms with Crippen LogP contribution in [0, 0.1) is 27.7 Å². The molecule has 204 valence electrons. The van der Waals surface area contributed by atoms with Crippen molar-refractivity contribution in [2.75, 3.05) is 31.1 Å². The lowest BCUT2D eigenvalue weighted by Crippen LogP contribution is -2.49. The van der Waals surface area contributed by atoms with Crippen LogP contribution in [0.4, 0.5) is 5.69 Å². The summed E-state index contributed by atoms with van der Waals surface area (Å²) in [4.78, 5) is 21.6. The number of nitrogens with zero attached hydrogens (tertiary/aromatic N) is 6. The third-order valence-corrected chi connectivity index (χ3v) is 8.36. The minimum Gasteiger partial charge on any atom is -0.369 e. The molecule has 1 atom stereocenters. The predicted octanol–water partition coefficient (Wildman–Crippen LogP) is 4.71. The summed E-state index contributed by atoms with van der Waals surface area (Å²) >= 11 is 0. The first-order valence-electron chi connectivity index (χ1n) is 13.9. The van der Waals surface area contributed by atoms with E-state index in [0.29, 0.717) is 17.9 Å². The van der Waals surface area contributed by atoms with Crippen LogP contribution in [0.1, 0.15) is 45.2 Å². The van der Waals surface area contributed by atoms with Gasteiger partial charge in [0.2, 0.25) is 0 Å². The second kappa shape index (κ2) is 10.7. The molecular formula is C32H35N7O. The first kappa shape index (κ1) is 26.0. The number of hydrogen-bond acceptors (Lipinski definition) is 6. The highest BCUT2D eigenvalue weighted by molar-refractivity contribution is 5.81. The topological polar surface area (TPSA) is 82.9 Å². The summed E-state index contributed by atoms with van der Waals surface area (Å²) in [6.45, 7) is 12.3. The lowest BCUT2D eigenvalue weighted by atomic mass is 10.00. The van der Waals surface area contributed by atoms with Crippen molar-refractivity contribution in [3.63, 3.8) is 0 Å². The molecule has 1 aliphatic heterocycles. The molecule has 0 spiro atoms. The fraction of sp³-hybridized carbons (Fsp3) is 0.312. The van der Waals surface area contributed by atoms with Crippen molar-refractivity contribution in [3.8, 4) is 0 Å². The third-order valence-electron chi connectivity index (χ3n) is 8.36. The van der Waals surface area contributed by atoms with Crippen molar-refractivity contribution in [1.82, 2.24) is 30.1 Å². The number of pyridine rings is 1. The van der Waals surface area contributed by atoms with Crippen LogP contribution in [0.15, 0.2) is 71.5 Å². The van der Waals surface area contributed by atoms with Crippen LogP contribution < -0.4 is 10.5 Å². The molecule has 0 saturated carbocycles. The Kier molecular flexibility index (Phi) is 6.94. The van der Waals surface area contributed by atoms with E-state index in [1.165, 1.54) is 22.4 Å². The number of fused-ring (bicyclic) bond motifs is 1. The van der Waals surface area contributed by atoms with Crippen molar-refractivity contribution < 1.29 is 0 Å². The molecule has 0 aliphatic carbocycles. The molecule has 1 fully saturated rings. The standard InChI is InChI=1S/C32H35N7O/c1-21-9-8-12-29(24(21)4)37-13-15-38(16-14-37)30(31-34-35-36-39(31)20-25-10-6-5-7-11-25)27-19-26-17-22(2)23(3)18-28(26)33-32(27)40/h5-12,17-19,30H,13-16,20H2,1-4H3,(H,33,40)/t30-/m0/s1. The van der Waals surface area contributed by atoms with Gasteiger partial charge in [-0.2, -0.15) is 0 Å². The summed E-state index contributed by atoms with van der Waals surface area (Å²) in [5.74, 6) is 0.678. The second-order valence-corrected chi connectivity index (χ2v) is 10.9. The van der Waals surface area contributed by atoms with Crippen LogP contribution in [-0.2, 0) is 6.54 Å². The maximum atomic E-state index is 13.7. The average Bonchev–Trinajstić information content (AvgIpc) is 3.40. The van der Waals surface area contributed by atoms with Crippen LogP contribution in [0.3, 0.4) is 0 Å². The molecule has 5 aromatic rings. The highest BCUT2D eigenvalue weighted by Gasteiger charge is 2.33. The van der Waals surface area contributed by atoms with E-state index in [2.05, 4.69) is 94.4 Å². The monoisotopic (exact) mass is 533 g/mol. The zero-order valence-corrected chi connectivity index (χ0v) is 23.6. The normalized spacial score (nSPS) is 15.1. The molecular weight excluding hydrogens is 498 g/mol. The molecule has 6 rings (SSSR count). The maximum Gasteiger partial charge on any atom is 0.253 e. The van der Waals surface area contributed by atoms with Crippen molar-refractivity contribution >= 4 is 16.6 Å². The fourth-order valence-electron chi connectivity index (χ4n) is 5.77. The Bertz CT molecular complexity index is 1720. The van der Waals surface area contributed by atoms with Gasteiger partial charge in [0.25, 0.3) is 5.56 Å². The number of benzene rings is 3. The van der Waals surface area contributed by atoms with Gasteiger partial charge in [0.15, 0.2) is 5.82 Å². The zero-order chi connectivity index (χ0) is 27.8. The van der Waals surface area contributed by atoms with Gasteiger partial charge in [0, 0.05) is 42.9 Å². The van der Waals surface area contributed by atoms with Crippen LogP contribution in [-0.4, -0.2) is 56.3 Å². The van der Waals surface area contributed by atoms with Gasteiger partial charge in [-0.05, 0) is 95.6 Å². The molecule has 1 aliphatic rings. The SMILES string of the molecule is Cc1cc2cc([C@@H](c3nnnn3Cc3ccccc3)N3CCN(c4cccc(C)c4C)CC3)c(=O)[nH]c2cc1C. The van der Waals surface area contributed by atoms with E-state index in [0.717, 1.165) is 48.2 Å². The van der Waals surface area contributed by atoms with Gasteiger partial charge in [0.05, 0.1) is 6.54 Å². The molecule has 8 heteroatoms. The summed E-state index contributed by atoms with van der Waals surface area (Å²) in [6.07, 6.45) is 0. The summed E-state index contributed by atoms with van der Waals surface area (Å²) in [6, 6.07) is 22.5. The van der Waals surface area contributed by atoms with E-state index in [9.17, 15) is 4.79 Å². The number of aromatic amines is 1. The number of H-pyrrole nitrogens is 1. The molecule has 0 radical (unpaired) electrons. The number of nitrogens with one attached hydrogen (secondary N) is 1. The second-order valence-electron chi connectivity index (χ2n) is 10.9. The van der Waals surface area contributed by atoms with Gasteiger partial charge in [-0.25, -0.2) is 4.68 Å². The van der Waals surface area contributed by atoms with Crippen molar-refractivity contribution in [2.45, 2.75) is 40.3 Å². The number of rotatable bonds is 6. The highest BCUT2D eigenvalue weighted by atomic mass is 16.1. The fourth-order valence-corrected chi connectivity index (χ4v) is 5.77. The highest BCUT2D eigenvalue weighted by Crippen LogP contribution is 2.31. The third kappa shape index (κ3) is 4.91. The number of piperazine rings is 1. The van der Waals surface area contributed by atoms with E-state index in [1.54, 1.807) is 0 Å². The van der Waals surface area contributed by atoms with Gasteiger partial charge < -0.3 is 9.88 Å². The van der Waals surface area contributed by atoms with Crippen LogP contribution in [0.25, 0.3) is 10.9 Å². The maximum absolute atomic E-state index is 13.7. The van der Waals surface area contributed by atoms with Crippen molar-refractivity contribution in [1.29, 1.82) is 0 Å². The quantitative estimate of drug-likeness (QED) is 0.341. The lowest BCUT2D eigenvalue weighted by Gasteiger charge is -2.40. The van der Waals surface area contributed by atoms with Gasteiger partial charge in [-0.1, -0.05) is 42.5 Å². The van der Waals surface area contributed by atoms with Crippen LogP contribution >= 0.6 is 0 Å². The zero-order valence-electron chi connectivity index (χ0n) is 23.6. The van der Waals surface area contributed by atoms with E-state index in [-0.39, 0.29) is 11.6 Å². The first-order valence-corrected chi connectivity index (χ1v) is 13.9. The van der Waals surface area contributed by atoms with Gasteiger partial charge in [0.1, 0.15) is 6.04 Å². The Labute approximate surface area is 234 Å². The molecule has 3 aromatic carbocycles. The van der Waals surface area contributed by atoms with E-state index < -0.39 is 0 Å². The van der Waals surface area contributed by atoms with Gasteiger partial charge >= 0.3 is 0 Å². The lowest BCUT2D eigenvalue weighted by molar-refractivity contribution is 0.200. The van der Waals surface area contributed by atoms with E-state index in [4.69, 9.17) is 0 Å². The van der Waals surface area contributed by atoms with Gasteiger partial charge in [-0.15, -0.1) is 5.10 Å². The van der Waals surface area contributed by atoms with Crippen LogP contribution in [0.2, 0.25) is 0 Å². The number of anilines is 1. The summed E-state index contributed by atoms with van der Waals surface area (Å²) in [7, 11) is 0. The number of aromatic nitrogens is 5. The summed E-state index contributed by atoms with van der Waals surface area (Å²) < 4.78 is 1.83. The Morgan fingerprint density at radius 2 is 1.60 bits per heavy atom. The molecule has 1 saturated heterocycles. The number of aryl methyl sites for hydroxylation is 3. The molecule has 0 unspecified atom stereocenters. The Morgan fingerprint density at radius 3 is 2.38 bits per heavy atom. The first-order chi connectivity index (χ1) is 19.4. The Morgan fingerprint density at radius 1 is 0.850 bits per heavy atom. The van der Waals surface area contributed by atoms with Crippen LogP contribution in [0.5, 0.6) is 0 Å². The molecule has 0 amide bonds. The summed E-state index contributed by atoms with van der Waals surface area (Å²) in [5.41, 5.74) is 8.75. The van der Waals surface area contributed by atoms with Crippen molar-refractivity contribution in [2.24, 2.45) is 0 Å². The smallest absolute Gasteiger partial charge is 0.253 e. The average molecular weight is 534 g/mol. The number of tetrazole rings is 1. The molecule has 3 heterocycles. The number of hydrogen-bond donors (Lipinski definition) is 1. The molecule has 8 nitrogen and oxygen atoms in total. The molecule has 40 heavy (non-hydrogen) atoms. The minimum atomic E-state index is -0.380. The Hall–Kier alpha value is -4.30. The van der Waals surface area contributed by atoms with E-state index in [1.807, 2.05) is 35.0 Å². The Balaban J connectivity index is 1.40. The van der Waals surface area contributed by atoms with E-state index >= 15 is 0 Å². The minimum absolute atomic E-state index is 0.105. The molecule has 2 aromatic heterocycles. The molecule has 0 bridgehead atoms. The molecule has 1 N–H and O–H groups in total.